The van der Waals surface area contributed by atoms with E-state index < -0.39 is 0 Å². The average Bonchev–Trinajstić information content (AvgIpc) is 2.97. The van der Waals surface area contributed by atoms with Crippen molar-refractivity contribution in [2.45, 2.75) is 39.9 Å². The van der Waals surface area contributed by atoms with Gasteiger partial charge in [-0.3, -0.25) is 4.90 Å². The SMILES string of the molecule is CC.C\C=C/C(=C\C=C\F)NC1C=C(Oc2cc(OC)c(OCCCN3CCOCC3)cc2CN)N=CN1C. The molecule has 0 bridgehead atoms. The molecule has 1 fully saturated rings. The van der Waals surface area contributed by atoms with Crippen LogP contribution in [-0.4, -0.2) is 75.9 Å². The van der Waals surface area contributed by atoms with Crippen LogP contribution in [0.2, 0.25) is 0 Å². The Hall–Kier alpha value is -3.34. The van der Waals surface area contributed by atoms with E-state index in [4.69, 9.17) is 24.7 Å². The molecule has 1 atom stereocenters. The van der Waals surface area contributed by atoms with Gasteiger partial charge < -0.3 is 34.9 Å². The van der Waals surface area contributed by atoms with Crippen molar-refractivity contribution in [2.75, 3.05) is 53.6 Å². The minimum atomic E-state index is -0.264. The zero-order chi connectivity index (χ0) is 28.5. The van der Waals surface area contributed by atoms with Crippen LogP contribution in [0.15, 0.2) is 65.4 Å². The average molecular weight is 546 g/mol. The molecule has 3 N–H and O–H groups in total. The molecule has 10 heteroatoms. The third-order valence-corrected chi connectivity index (χ3v) is 5.88. The number of halogens is 1. The van der Waals surface area contributed by atoms with Gasteiger partial charge in [-0.25, -0.2) is 9.38 Å². The molecular weight excluding hydrogens is 501 g/mol. The number of benzene rings is 1. The number of aliphatic imine (C=N–C) groups is 1. The van der Waals surface area contributed by atoms with Crippen LogP contribution in [0, 0.1) is 0 Å². The van der Waals surface area contributed by atoms with Crippen LogP contribution < -0.4 is 25.3 Å². The summed E-state index contributed by atoms with van der Waals surface area (Å²) in [6, 6.07) is 3.63. The monoisotopic (exact) mass is 545 g/mol. The Morgan fingerprint density at radius 1 is 1.23 bits per heavy atom. The van der Waals surface area contributed by atoms with Gasteiger partial charge in [0.05, 0.1) is 39.6 Å². The maximum absolute atomic E-state index is 12.5. The van der Waals surface area contributed by atoms with E-state index in [1.807, 2.05) is 57.0 Å². The highest BCUT2D eigenvalue weighted by molar-refractivity contribution is 5.59. The van der Waals surface area contributed by atoms with Crippen molar-refractivity contribution in [3.05, 3.63) is 66.0 Å². The molecule has 1 unspecified atom stereocenters. The van der Waals surface area contributed by atoms with Gasteiger partial charge in [-0.15, -0.1) is 0 Å². The number of rotatable bonds is 13. The van der Waals surface area contributed by atoms with Crippen LogP contribution >= 0.6 is 0 Å². The summed E-state index contributed by atoms with van der Waals surface area (Å²) in [5.74, 6) is 2.12. The molecule has 2 aliphatic heterocycles. The second-order valence-corrected chi connectivity index (χ2v) is 8.52. The summed E-state index contributed by atoms with van der Waals surface area (Å²) in [6.45, 7) is 11.2. The first-order valence-electron chi connectivity index (χ1n) is 13.4. The smallest absolute Gasteiger partial charge is 0.220 e. The second kappa shape index (κ2) is 18.0. The Morgan fingerprint density at radius 2 is 2.00 bits per heavy atom. The van der Waals surface area contributed by atoms with Gasteiger partial charge in [-0.2, -0.15) is 0 Å². The number of likely N-dealkylation sites (N-methyl/N-ethyl adjacent to an activating group) is 1. The predicted molar refractivity (Wildman–Crippen MR) is 155 cm³/mol. The van der Waals surface area contributed by atoms with E-state index in [2.05, 4.69) is 15.2 Å². The molecule has 0 radical (unpaired) electrons. The molecule has 216 valence electrons. The van der Waals surface area contributed by atoms with Crippen molar-refractivity contribution in [2.24, 2.45) is 10.7 Å². The van der Waals surface area contributed by atoms with Gasteiger partial charge in [0.25, 0.3) is 0 Å². The summed E-state index contributed by atoms with van der Waals surface area (Å²) in [6.07, 6.45) is 11.3. The number of methoxy groups -OCH3 is 1. The van der Waals surface area contributed by atoms with Crippen molar-refractivity contribution in [3.63, 3.8) is 0 Å². The van der Waals surface area contributed by atoms with Crippen molar-refractivity contribution < 1.29 is 23.3 Å². The Balaban J connectivity index is 0.00000260. The van der Waals surface area contributed by atoms with Gasteiger partial charge in [-0.05, 0) is 37.6 Å². The summed E-state index contributed by atoms with van der Waals surface area (Å²) < 4.78 is 35.6. The second-order valence-electron chi connectivity index (χ2n) is 8.52. The largest absolute Gasteiger partial charge is 0.493 e. The van der Waals surface area contributed by atoms with E-state index in [9.17, 15) is 4.39 Å². The van der Waals surface area contributed by atoms with Gasteiger partial charge in [0.15, 0.2) is 11.5 Å². The standard InChI is InChI=1S/C27H38FN5O4.C2H6/c1-4-7-22(8-5-9-28)31-26-18-27(30-20-32(26)2)37-23-17-24(34-3)25(16-21(23)19-29)36-13-6-10-33-11-14-35-15-12-33;1-2/h4-5,7-9,16-18,20,26,31H,6,10-15,19,29H2,1-3H3;1-2H3/b7-4-,9-5+,22-8+;. The molecule has 1 aromatic carbocycles. The molecule has 0 spiro atoms. The molecule has 9 nitrogen and oxygen atoms in total. The van der Waals surface area contributed by atoms with E-state index in [0.717, 1.165) is 50.5 Å². The van der Waals surface area contributed by atoms with Gasteiger partial charge >= 0.3 is 0 Å². The molecule has 0 amide bonds. The van der Waals surface area contributed by atoms with Crippen molar-refractivity contribution >= 4 is 6.34 Å². The molecule has 2 aliphatic rings. The minimum Gasteiger partial charge on any atom is -0.493 e. The Kier molecular flexibility index (Phi) is 14.7. The normalized spacial score (nSPS) is 18.1. The molecule has 0 aromatic heterocycles. The van der Waals surface area contributed by atoms with Gasteiger partial charge in [-0.1, -0.05) is 19.9 Å². The van der Waals surface area contributed by atoms with Gasteiger partial charge in [0, 0.05) is 56.6 Å². The summed E-state index contributed by atoms with van der Waals surface area (Å²) in [5.41, 5.74) is 7.54. The number of ether oxygens (including phenoxy) is 4. The van der Waals surface area contributed by atoms with E-state index in [0.29, 0.717) is 36.1 Å². The van der Waals surface area contributed by atoms with Crippen LogP contribution in [0.25, 0.3) is 0 Å². The number of hydrogen-bond acceptors (Lipinski definition) is 9. The molecule has 39 heavy (non-hydrogen) atoms. The van der Waals surface area contributed by atoms with Crippen LogP contribution in [0.4, 0.5) is 4.39 Å². The summed E-state index contributed by atoms with van der Waals surface area (Å²) >= 11 is 0. The lowest BCUT2D eigenvalue weighted by Crippen LogP contribution is -2.42. The van der Waals surface area contributed by atoms with Crippen LogP contribution in [-0.2, 0) is 11.3 Å². The number of morpholine rings is 1. The minimum absolute atomic E-state index is 0.256. The molecule has 2 heterocycles. The van der Waals surface area contributed by atoms with Crippen molar-refractivity contribution in [1.82, 2.24) is 15.1 Å². The fraction of sp³-hybridized carbons (Fsp3) is 0.483. The van der Waals surface area contributed by atoms with Crippen molar-refractivity contribution in [3.8, 4) is 17.2 Å². The van der Waals surface area contributed by atoms with Crippen molar-refractivity contribution in [1.29, 1.82) is 0 Å². The number of hydrogen-bond donors (Lipinski definition) is 2. The van der Waals surface area contributed by atoms with E-state index in [-0.39, 0.29) is 12.7 Å². The fourth-order valence-corrected chi connectivity index (χ4v) is 3.88. The first kappa shape index (κ1) is 31.9. The Labute approximate surface area is 232 Å². The topological polar surface area (TPSA) is 93.8 Å². The number of nitrogens with one attached hydrogen (secondary N) is 1. The summed E-state index contributed by atoms with van der Waals surface area (Å²) in [4.78, 5) is 8.64. The number of nitrogens with zero attached hydrogens (tertiary/aromatic N) is 3. The lowest BCUT2D eigenvalue weighted by Gasteiger charge is -2.29. The Morgan fingerprint density at radius 3 is 2.67 bits per heavy atom. The molecule has 1 saturated heterocycles. The fourth-order valence-electron chi connectivity index (χ4n) is 3.88. The summed E-state index contributed by atoms with van der Waals surface area (Å²) in [5, 5.41) is 3.32. The zero-order valence-electron chi connectivity index (χ0n) is 23.9. The third-order valence-electron chi connectivity index (χ3n) is 5.88. The maximum atomic E-state index is 12.5. The van der Waals surface area contributed by atoms with Gasteiger partial charge in [0.2, 0.25) is 5.88 Å². The lowest BCUT2D eigenvalue weighted by atomic mass is 10.1. The maximum Gasteiger partial charge on any atom is 0.220 e. The number of nitrogens with two attached hydrogens (primary N) is 1. The van der Waals surface area contributed by atoms with Crippen LogP contribution in [0.5, 0.6) is 17.2 Å². The van der Waals surface area contributed by atoms with Crippen LogP contribution in [0.1, 0.15) is 32.8 Å². The highest BCUT2D eigenvalue weighted by atomic mass is 19.1. The molecule has 0 aliphatic carbocycles. The predicted octanol–water partition coefficient (Wildman–Crippen LogP) is 4.33. The molecule has 1 aromatic rings. The zero-order valence-corrected chi connectivity index (χ0v) is 23.9. The highest BCUT2D eigenvalue weighted by Crippen LogP contribution is 2.36. The quantitative estimate of drug-likeness (QED) is 0.279. The first-order chi connectivity index (χ1) is 19.1. The summed E-state index contributed by atoms with van der Waals surface area (Å²) in [7, 11) is 3.47. The first-order valence-corrected chi connectivity index (χ1v) is 13.4. The Bertz CT molecular complexity index is 1020. The molecule has 3 rings (SSSR count). The van der Waals surface area contributed by atoms with E-state index in [1.54, 1.807) is 25.6 Å². The third kappa shape index (κ3) is 10.4. The van der Waals surface area contributed by atoms with E-state index >= 15 is 0 Å². The van der Waals surface area contributed by atoms with Gasteiger partial charge in [0.1, 0.15) is 11.9 Å². The highest BCUT2D eigenvalue weighted by Gasteiger charge is 2.19. The molecular formula is C29H44FN5O4. The number of allylic oxidation sites excluding steroid dienone is 4. The van der Waals surface area contributed by atoms with Crippen LogP contribution in [0.3, 0.4) is 0 Å². The molecule has 0 saturated carbocycles. The lowest BCUT2D eigenvalue weighted by molar-refractivity contribution is 0.0357. The van der Waals surface area contributed by atoms with E-state index in [1.165, 1.54) is 6.08 Å².